The Morgan fingerprint density at radius 1 is 1.58 bits per heavy atom. The van der Waals surface area contributed by atoms with Gasteiger partial charge in [-0.05, 0) is 19.8 Å². The van der Waals surface area contributed by atoms with E-state index in [1.54, 1.807) is 4.68 Å². The van der Waals surface area contributed by atoms with Gasteiger partial charge in [0.25, 0.3) is 0 Å². The first-order valence-corrected chi connectivity index (χ1v) is 4.41. The minimum atomic E-state index is -0.171. The number of hydrogen-bond donors (Lipinski definition) is 1. The zero-order chi connectivity index (χ0) is 8.93. The van der Waals surface area contributed by atoms with Gasteiger partial charge in [-0.3, -0.25) is 4.68 Å². The van der Waals surface area contributed by atoms with E-state index in [0.717, 1.165) is 24.1 Å². The van der Waals surface area contributed by atoms with Gasteiger partial charge in [-0.25, -0.2) is 0 Å². The second-order valence-corrected chi connectivity index (χ2v) is 3.89. The first kappa shape index (κ1) is 8.08. The average molecular weight is 186 g/mol. The summed E-state index contributed by atoms with van der Waals surface area (Å²) in [6.07, 6.45) is 2.05. The normalized spacial score (nSPS) is 19.7. The molecule has 0 unspecified atom stereocenters. The molecular weight excluding hydrogens is 174 g/mol. The minimum absolute atomic E-state index is 0.171. The van der Waals surface area contributed by atoms with E-state index in [0.29, 0.717) is 5.15 Å². The Hall–Kier alpha value is -0.540. The molecular formula is C8H12ClN3. The van der Waals surface area contributed by atoms with Gasteiger partial charge in [0, 0.05) is 23.8 Å². The third kappa shape index (κ3) is 0.967. The van der Waals surface area contributed by atoms with E-state index in [4.69, 9.17) is 17.3 Å². The van der Waals surface area contributed by atoms with E-state index >= 15 is 0 Å². The summed E-state index contributed by atoms with van der Waals surface area (Å²) < 4.78 is 1.78. The van der Waals surface area contributed by atoms with Crippen molar-refractivity contribution in [3.8, 4) is 0 Å². The highest BCUT2D eigenvalue weighted by molar-refractivity contribution is 6.30. The Balaban J connectivity index is 2.55. The zero-order valence-corrected chi connectivity index (χ0v) is 8.02. The predicted octanol–water partition coefficient (Wildman–Crippen LogP) is 1.33. The maximum Gasteiger partial charge on any atom is 0.156 e. The molecule has 0 aromatic carbocycles. The van der Waals surface area contributed by atoms with Gasteiger partial charge in [0.2, 0.25) is 0 Å². The largest absolute Gasteiger partial charge is 0.321 e. The number of nitrogens with two attached hydrogens (primary N) is 1. The summed E-state index contributed by atoms with van der Waals surface area (Å²) in [6.45, 7) is 2.00. The van der Waals surface area contributed by atoms with Gasteiger partial charge in [-0.1, -0.05) is 11.6 Å². The third-order valence-corrected chi connectivity index (χ3v) is 2.84. The van der Waals surface area contributed by atoms with Crippen LogP contribution in [0, 0.1) is 6.92 Å². The van der Waals surface area contributed by atoms with Gasteiger partial charge in [0.05, 0.1) is 0 Å². The minimum Gasteiger partial charge on any atom is -0.321 e. The summed E-state index contributed by atoms with van der Waals surface area (Å²) in [5, 5.41) is 4.68. The van der Waals surface area contributed by atoms with Gasteiger partial charge in [0.1, 0.15) is 0 Å². The van der Waals surface area contributed by atoms with Crippen LogP contribution in [0.15, 0.2) is 0 Å². The molecule has 0 bridgehead atoms. The number of rotatable bonds is 1. The molecule has 1 heterocycles. The molecule has 1 aromatic rings. The van der Waals surface area contributed by atoms with Crippen LogP contribution in [-0.2, 0) is 12.6 Å². The van der Waals surface area contributed by atoms with E-state index in [9.17, 15) is 0 Å². The molecule has 12 heavy (non-hydrogen) atoms. The van der Waals surface area contributed by atoms with Crippen LogP contribution in [0.2, 0.25) is 5.15 Å². The average Bonchev–Trinajstić information content (AvgIpc) is 2.62. The lowest BCUT2D eigenvalue weighted by Crippen LogP contribution is -2.19. The van der Waals surface area contributed by atoms with Crippen molar-refractivity contribution in [2.45, 2.75) is 25.3 Å². The summed E-state index contributed by atoms with van der Waals surface area (Å²) >= 11 is 5.96. The van der Waals surface area contributed by atoms with Crippen molar-refractivity contribution in [1.82, 2.24) is 9.78 Å². The molecule has 4 heteroatoms. The van der Waals surface area contributed by atoms with Crippen LogP contribution in [0.4, 0.5) is 0 Å². The van der Waals surface area contributed by atoms with Crippen LogP contribution in [0.1, 0.15) is 24.1 Å². The van der Waals surface area contributed by atoms with Crippen molar-refractivity contribution in [3.05, 3.63) is 16.4 Å². The molecule has 1 saturated carbocycles. The van der Waals surface area contributed by atoms with Crippen molar-refractivity contribution >= 4 is 11.6 Å². The molecule has 1 aliphatic rings. The molecule has 0 aliphatic heterocycles. The standard InChI is InChI=1S/C8H12ClN3/c1-5-6(8(10)3-4-8)7(9)11-12(5)2/h3-4,10H2,1-2H3. The molecule has 1 fully saturated rings. The lowest BCUT2D eigenvalue weighted by Gasteiger charge is -2.07. The van der Waals surface area contributed by atoms with Gasteiger partial charge in [0.15, 0.2) is 5.15 Å². The molecule has 66 valence electrons. The zero-order valence-electron chi connectivity index (χ0n) is 7.26. The summed E-state index contributed by atoms with van der Waals surface area (Å²) in [7, 11) is 1.89. The van der Waals surface area contributed by atoms with E-state index in [2.05, 4.69) is 5.10 Å². The maximum atomic E-state index is 6.05. The van der Waals surface area contributed by atoms with Crippen molar-refractivity contribution < 1.29 is 0 Å². The van der Waals surface area contributed by atoms with Crippen molar-refractivity contribution in [2.24, 2.45) is 12.8 Å². The highest BCUT2D eigenvalue weighted by Crippen LogP contribution is 2.46. The van der Waals surface area contributed by atoms with Crippen LogP contribution in [0.25, 0.3) is 0 Å². The number of aryl methyl sites for hydroxylation is 1. The van der Waals surface area contributed by atoms with Crippen molar-refractivity contribution in [1.29, 1.82) is 0 Å². The predicted molar refractivity (Wildman–Crippen MR) is 48.1 cm³/mol. The number of hydrogen-bond acceptors (Lipinski definition) is 2. The second kappa shape index (κ2) is 2.24. The third-order valence-electron chi connectivity index (χ3n) is 2.58. The van der Waals surface area contributed by atoms with E-state index in [1.807, 2.05) is 14.0 Å². The van der Waals surface area contributed by atoms with Crippen molar-refractivity contribution in [2.75, 3.05) is 0 Å². The van der Waals surface area contributed by atoms with Gasteiger partial charge >= 0.3 is 0 Å². The second-order valence-electron chi connectivity index (χ2n) is 3.53. The van der Waals surface area contributed by atoms with Crippen LogP contribution < -0.4 is 5.73 Å². The van der Waals surface area contributed by atoms with Gasteiger partial charge in [-0.15, -0.1) is 0 Å². The summed E-state index contributed by atoms with van der Waals surface area (Å²) in [4.78, 5) is 0. The van der Waals surface area contributed by atoms with Gasteiger partial charge in [-0.2, -0.15) is 5.10 Å². The van der Waals surface area contributed by atoms with Crippen LogP contribution in [0.5, 0.6) is 0 Å². The molecule has 0 saturated heterocycles. The van der Waals surface area contributed by atoms with E-state index in [1.165, 1.54) is 0 Å². The van der Waals surface area contributed by atoms with Gasteiger partial charge < -0.3 is 5.73 Å². The van der Waals surface area contributed by atoms with Crippen molar-refractivity contribution in [3.63, 3.8) is 0 Å². The molecule has 0 radical (unpaired) electrons. The summed E-state index contributed by atoms with van der Waals surface area (Å²) in [5.74, 6) is 0. The molecule has 3 nitrogen and oxygen atoms in total. The Kier molecular flexibility index (Phi) is 1.50. The molecule has 1 aliphatic carbocycles. The quantitative estimate of drug-likeness (QED) is 0.718. The Morgan fingerprint density at radius 2 is 2.17 bits per heavy atom. The Labute approximate surface area is 76.5 Å². The first-order chi connectivity index (χ1) is 5.54. The highest BCUT2D eigenvalue weighted by atomic mass is 35.5. The van der Waals surface area contributed by atoms with E-state index < -0.39 is 0 Å². The number of aromatic nitrogens is 2. The maximum absolute atomic E-state index is 6.05. The number of halogens is 1. The molecule has 2 N–H and O–H groups in total. The monoisotopic (exact) mass is 185 g/mol. The Bertz CT molecular complexity index is 325. The fourth-order valence-corrected chi connectivity index (χ4v) is 1.96. The molecule has 0 atom stereocenters. The van der Waals surface area contributed by atoms with Crippen LogP contribution in [-0.4, -0.2) is 9.78 Å². The molecule has 0 spiro atoms. The van der Waals surface area contributed by atoms with E-state index in [-0.39, 0.29) is 5.54 Å². The molecule has 0 amide bonds. The highest BCUT2D eigenvalue weighted by Gasteiger charge is 2.44. The lowest BCUT2D eigenvalue weighted by atomic mass is 10.1. The lowest BCUT2D eigenvalue weighted by molar-refractivity contribution is 0.708. The van der Waals surface area contributed by atoms with Crippen LogP contribution >= 0.6 is 11.6 Å². The first-order valence-electron chi connectivity index (χ1n) is 4.03. The fourth-order valence-electron chi connectivity index (χ4n) is 1.52. The summed E-state index contributed by atoms with van der Waals surface area (Å²) in [5.41, 5.74) is 7.99. The number of nitrogens with zero attached hydrogens (tertiary/aromatic N) is 2. The Morgan fingerprint density at radius 3 is 2.50 bits per heavy atom. The molecule has 2 rings (SSSR count). The summed E-state index contributed by atoms with van der Waals surface area (Å²) in [6, 6.07) is 0. The topological polar surface area (TPSA) is 43.8 Å². The molecule has 1 aromatic heterocycles. The fraction of sp³-hybridized carbons (Fsp3) is 0.625. The SMILES string of the molecule is Cc1c(C2(N)CC2)c(Cl)nn1C. The smallest absolute Gasteiger partial charge is 0.156 e. The van der Waals surface area contributed by atoms with Crippen LogP contribution in [0.3, 0.4) is 0 Å².